The number of nitrogen functional groups attached to an aromatic ring is 2. The number of rotatable bonds is 4. The average molecular weight is 786 g/mol. The molecule has 7 heterocycles. The number of ether oxygens (including phenoxy) is 2. The number of hydrogen-bond donors (Lipinski definition) is 5. The number of aromatic amines is 1. The Morgan fingerprint density at radius 3 is 2.31 bits per heavy atom. The Kier molecular flexibility index (Phi) is 9.32. The Labute approximate surface area is 297 Å². The number of nitrogens with two attached hydrogens (primary N) is 2. The van der Waals surface area contributed by atoms with E-state index in [0.29, 0.717) is 11.0 Å². The van der Waals surface area contributed by atoms with Gasteiger partial charge in [0.25, 0.3) is 5.56 Å². The molecule has 7 N–H and O–H groups in total. The Balaban J connectivity index is 1.27. The number of hydrogen-bond acceptors (Lipinski definition) is 16. The van der Waals surface area contributed by atoms with Gasteiger partial charge in [-0.25, -0.2) is 24.1 Å². The Bertz CT molecular complexity index is 2160. The molecule has 7 rings (SSSR count). The van der Waals surface area contributed by atoms with Gasteiger partial charge in [-0.15, -0.1) is 0 Å². The first-order chi connectivity index (χ1) is 24.3. The Morgan fingerprint density at radius 1 is 0.962 bits per heavy atom. The Morgan fingerprint density at radius 2 is 1.62 bits per heavy atom. The van der Waals surface area contributed by atoms with E-state index in [4.69, 9.17) is 43.5 Å². The molecule has 4 unspecified atom stereocenters. The van der Waals surface area contributed by atoms with Crippen LogP contribution in [0.5, 0.6) is 0 Å². The molecule has 52 heavy (non-hydrogen) atoms. The van der Waals surface area contributed by atoms with Gasteiger partial charge in [-0.2, -0.15) is 4.98 Å². The highest BCUT2D eigenvalue weighted by Crippen LogP contribution is 2.55. The number of aromatic nitrogens is 7. The molecule has 4 aromatic rings. The third-order valence-electron chi connectivity index (χ3n) is 10.0. The summed E-state index contributed by atoms with van der Waals surface area (Å²) in [6, 6.07) is 1.69. The lowest BCUT2D eigenvalue weighted by Gasteiger charge is -2.40. The van der Waals surface area contributed by atoms with Gasteiger partial charge in [-0.1, -0.05) is 27.7 Å². The molecule has 0 amide bonds. The van der Waals surface area contributed by atoms with Crippen molar-refractivity contribution >= 4 is 57.9 Å². The van der Waals surface area contributed by atoms with E-state index in [9.17, 15) is 23.7 Å². The predicted octanol–water partition coefficient (Wildman–Crippen LogP) is 2.57. The summed E-state index contributed by atoms with van der Waals surface area (Å²) in [5.41, 5.74) is 11.5. The minimum Gasteiger partial charge on any atom is -0.408 e. The number of H-pyrrole nitrogens is 1. The molecule has 284 valence electrons. The summed E-state index contributed by atoms with van der Waals surface area (Å²) >= 11 is 0. The number of fused-ring (bicyclic) bond motifs is 5. The standard InChI is InChI=1S/C28H41N9O12P2Si/c1-13-18-15(45-25(13)36-8-7-14-21(29)31-11-32-22(14)36)9-43-51(41,42)48-20-19(49-52(5,6)28(2,3)4)16(10-44-50(39,40)47-18)46-26(20)37-12-33-17-23(37)34-27(30)35-24(17)38/h7-8,11-13,15-16,18-20,25-26H,9-10H2,1-6H3,(H,39,40)(H,41,42)(H2,29,31,32)(H3,30,34,35,38)/t13?,15-,16-,18-,19?,20+,25-,26-/m1/s1. The summed E-state index contributed by atoms with van der Waals surface area (Å²) in [4.78, 5) is 54.0. The second-order valence-corrected chi connectivity index (χ2v) is 22.1. The van der Waals surface area contributed by atoms with E-state index in [1.807, 2.05) is 33.9 Å². The maximum absolute atomic E-state index is 13.9. The summed E-state index contributed by atoms with van der Waals surface area (Å²) < 4.78 is 72.6. The van der Waals surface area contributed by atoms with Crippen molar-refractivity contribution in [2.45, 2.75) is 88.8 Å². The summed E-state index contributed by atoms with van der Waals surface area (Å²) in [5.74, 6) is -0.635. The van der Waals surface area contributed by atoms with E-state index in [-0.39, 0.29) is 28.0 Å². The zero-order chi connectivity index (χ0) is 37.5. The highest BCUT2D eigenvalue weighted by molar-refractivity contribution is 7.47. The van der Waals surface area contributed by atoms with Crippen LogP contribution in [0.25, 0.3) is 22.2 Å². The SMILES string of the molecule is CC1[C@H]2OP(=O)(O)OC[C@H]3O[C@@H](n4cnc5c(=O)[nH]c(N)nc54)[C@@H](OP(=O)(O)OC[C@H]2O[C@H]1n1ccc2c(N)ncnc21)C3O[Si](C)(C)C(C)(C)C. The van der Waals surface area contributed by atoms with Crippen LogP contribution in [0, 0.1) is 5.92 Å². The quantitative estimate of drug-likeness (QED) is 0.147. The predicted molar refractivity (Wildman–Crippen MR) is 185 cm³/mol. The summed E-state index contributed by atoms with van der Waals surface area (Å²) in [6.45, 7) is 10.3. The molecule has 0 radical (unpaired) electrons. The zero-order valence-electron chi connectivity index (χ0n) is 29.1. The van der Waals surface area contributed by atoms with Crippen LogP contribution in [0.2, 0.25) is 18.1 Å². The van der Waals surface area contributed by atoms with Gasteiger partial charge in [0.05, 0.1) is 24.9 Å². The van der Waals surface area contributed by atoms with Crippen molar-refractivity contribution in [3.05, 3.63) is 35.3 Å². The van der Waals surface area contributed by atoms with E-state index in [1.54, 1.807) is 23.8 Å². The molecule has 3 aliphatic rings. The van der Waals surface area contributed by atoms with E-state index in [0.717, 1.165) is 0 Å². The fraction of sp³-hybridized carbons (Fsp3) is 0.607. The topological polar surface area (TPSA) is 286 Å². The highest BCUT2D eigenvalue weighted by atomic mass is 31.2. The van der Waals surface area contributed by atoms with Gasteiger partial charge < -0.3 is 39.7 Å². The van der Waals surface area contributed by atoms with Gasteiger partial charge in [-0.3, -0.25) is 32.4 Å². The zero-order valence-corrected chi connectivity index (χ0v) is 31.8. The number of nitrogens with zero attached hydrogens (tertiary/aromatic N) is 6. The normalized spacial score (nSPS) is 34.9. The number of imidazole rings is 1. The van der Waals surface area contributed by atoms with E-state index in [1.165, 1.54) is 17.2 Å². The first-order valence-corrected chi connectivity index (χ1v) is 22.2. The minimum absolute atomic E-state index is 0.0229. The molecule has 0 spiro atoms. The smallest absolute Gasteiger partial charge is 0.408 e. The van der Waals surface area contributed by atoms with E-state index < -0.39 is 91.6 Å². The van der Waals surface area contributed by atoms with Crippen molar-refractivity contribution in [1.29, 1.82) is 0 Å². The first-order valence-electron chi connectivity index (χ1n) is 16.3. The molecule has 3 saturated heterocycles. The van der Waals surface area contributed by atoms with Gasteiger partial charge in [0.2, 0.25) is 5.95 Å². The molecule has 3 fully saturated rings. The molecule has 0 saturated carbocycles. The van der Waals surface area contributed by atoms with Crippen LogP contribution < -0.4 is 17.0 Å². The average Bonchev–Trinajstić information content (AvgIpc) is 3.80. The van der Waals surface area contributed by atoms with Gasteiger partial charge in [0, 0.05) is 12.1 Å². The highest BCUT2D eigenvalue weighted by Gasteiger charge is 2.56. The molecule has 0 aliphatic carbocycles. The van der Waals surface area contributed by atoms with Crippen molar-refractivity contribution in [1.82, 2.24) is 34.1 Å². The summed E-state index contributed by atoms with van der Waals surface area (Å²) in [5, 5.41) is 0.184. The number of anilines is 2. The van der Waals surface area contributed by atoms with Crippen LogP contribution in [0.4, 0.5) is 11.8 Å². The van der Waals surface area contributed by atoms with Gasteiger partial charge >= 0.3 is 15.6 Å². The van der Waals surface area contributed by atoms with Crippen LogP contribution in [0.1, 0.15) is 40.2 Å². The molecule has 2 bridgehead atoms. The van der Waals surface area contributed by atoms with E-state index in [2.05, 4.69) is 24.9 Å². The van der Waals surface area contributed by atoms with Crippen LogP contribution >= 0.6 is 15.6 Å². The largest absolute Gasteiger partial charge is 0.472 e. The van der Waals surface area contributed by atoms with Crippen LogP contribution in [-0.2, 0) is 41.1 Å². The summed E-state index contributed by atoms with van der Waals surface area (Å²) in [6.07, 6.45) is -4.18. The lowest BCUT2D eigenvalue weighted by Crippen LogP contribution is -2.50. The lowest BCUT2D eigenvalue weighted by molar-refractivity contribution is -0.0669. The monoisotopic (exact) mass is 785 g/mol. The number of phosphoric ester groups is 2. The molecule has 3 aliphatic heterocycles. The maximum Gasteiger partial charge on any atom is 0.472 e. The van der Waals surface area contributed by atoms with Crippen LogP contribution in [0.3, 0.4) is 0 Å². The Hall–Kier alpha value is -3.11. The van der Waals surface area contributed by atoms with Gasteiger partial charge in [0.1, 0.15) is 54.5 Å². The third-order valence-corrected chi connectivity index (χ3v) is 16.5. The molecule has 0 aromatic carbocycles. The third kappa shape index (κ3) is 6.76. The number of nitrogens with one attached hydrogen (secondary N) is 1. The van der Waals surface area contributed by atoms with Crippen LogP contribution in [-0.4, -0.2) is 95.9 Å². The first kappa shape index (κ1) is 37.2. The van der Waals surface area contributed by atoms with Crippen molar-refractivity contribution in [2.75, 3.05) is 24.7 Å². The van der Waals surface area contributed by atoms with Crippen molar-refractivity contribution in [2.24, 2.45) is 5.92 Å². The van der Waals surface area contributed by atoms with E-state index >= 15 is 0 Å². The van der Waals surface area contributed by atoms with Crippen molar-refractivity contribution in [3.63, 3.8) is 0 Å². The van der Waals surface area contributed by atoms with Crippen molar-refractivity contribution < 1.29 is 50.9 Å². The minimum atomic E-state index is -5.03. The fourth-order valence-corrected chi connectivity index (χ4v) is 9.64. The fourth-order valence-electron chi connectivity index (χ4n) is 6.36. The van der Waals surface area contributed by atoms with Crippen LogP contribution in [0.15, 0.2) is 29.7 Å². The molecule has 4 aromatic heterocycles. The molecular weight excluding hydrogens is 744 g/mol. The van der Waals surface area contributed by atoms with Gasteiger partial charge in [0.15, 0.2) is 25.7 Å². The molecule has 24 heteroatoms. The lowest BCUT2D eigenvalue weighted by atomic mass is 10.0. The summed E-state index contributed by atoms with van der Waals surface area (Å²) in [7, 11) is -12.7. The molecule has 10 atom stereocenters. The molecular formula is C28H41N9O12P2Si. The second-order valence-electron chi connectivity index (χ2n) is 14.5. The molecule has 21 nitrogen and oxygen atoms in total. The van der Waals surface area contributed by atoms with Gasteiger partial charge in [-0.05, 0) is 24.2 Å². The number of phosphoric acid groups is 2. The van der Waals surface area contributed by atoms with Crippen molar-refractivity contribution in [3.8, 4) is 0 Å². The second kappa shape index (κ2) is 13.0. The maximum atomic E-state index is 13.9.